The lowest BCUT2D eigenvalue weighted by Crippen LogP contribution is -2.27. The molecule has 0 bridgehead atoms. The number of hydrogen-bond acceptors (Lipinski definition) is 3. The van der Waals surface area contributed by atoms with E-state index < -0.39 is 4.92 Å². The molecule has 1 aliphatic rings. The summed E-state index contributed by atoms with van der Waals surface area (Å²) in [4.78, 5) is 10.2. The van der Waals surface area contributed by atoms with Gasteiger partial charge in [0.25, 0.3) is 5.69 Å². The second-order valence-electron chi connectivity index (χ2n) is 5.21. The van der Waals surface area contributed by atoms with Crippen molar-refractivity contribution in [2.45, 2.75) is 45.1 Å². The highest BCUT2D eigenvalue weighted by Crippen LogP contribution is 2.31. The van der Waals surface area contributed by atoms with Crippen LogP contribution in [0.15, 0.2) is 18.2 Å². The van der Waals surface area contributed by atoms with E-state index in [4.69, 9.17) is 11.6 Å². The summed E-state index contributed by atoms with van der Waals surface area (Å²) in [5.74, 6) is 0.791. The highest BCUT2D eigenvalue weighted by atomic mass is 35.5. The first kappa shape index (κ1) is 14.1. The average Bonchev–Trinajstić information content (AvgIpc) is 2.38. The minimum absolute atomic E-state index is 0.0395. The lowest BCUT2D eigenvalue weighted by molar-refractivity contribution is -0.384. The number of halogens is 1. The lowest BCUT2D eigenvalue weighted by atomic mass is 9.84. The van der Waals surface area contributed by atoms with Crippen LogP contribution in [-0.4, -0.2) is 11.0 Å². The van der Waals surface area contributed by atoms with Gasteiger partial charge in [-0.3, -0.25) is 10.1 Å². The first-order valence-electron chi connectivity index (χ1n) is 6.80. The highest BCUT2D eigenvalue weighted by molar-refractivity contribution is 6.32. The molecule has 2 unspecified atom stereocenters. The first-order chi connectivity index (χ1) is 9.10. The molecule has 1 N–H and O–H groups in total. The van der Waals surface area contributed by atoms with E-state index in [1.807, 2.05) is 0 Å². The van der Waals surface area contributed by atoms with Crippen molar-refractivity contribution in [3.63, 3.8) is 0 Å². The maximum Gasteiger partial charge on any atom is 0.288 e. The number of hydrogen-bond donors (Lipinski definition) is 1. The van der Waals surface area contributed by atoms with Crippen molar-refractivity contribution < 1.29 is 4.92 Å². The van der Waals surface area contributed by atoms with Crippen LogP contribution in [0.5, 0.6) is 0 Å². The van der Waals surface area contributed by atoms with E-state index in [0.717, 1.165) is 18.0 Å². The van der Waals surface area contributed by atoms with Gasteiger partial charge in [0.05, 0.1) is 4.92 Å². The molecule has 1 saturated carbocycles. The Morgan fingerprint density at radius 1 is 1.47 bits per heavy atom. The Bertz CT molecular complexity index is 465. The molecule has 0 saturated heterocycles. The normalized spacial score (nSPS) is 23.1. The number of nitro benzene ring substituents is 1. The molecule has 19 heavy (non-hydrogen) atoms. The Labute approximate surface area is 118 Å². The maximum atomic E-state index is 10.7. The van der Waals surface area contributed by atoms with Crippen molar-refractivity contribution >= 4 is 23.0 Å². The summed E-state index contributed by atoms with van der Waals surface area (Å²) in [5.41, 5.74) is 0.833. The number of benzene rings is 1. The lowest BCUT2D eigenvalue weighted by Gasteiger charge is -2.29. The van der Waals surface area contributed by atoms with Gasteiger partial charge in [0, 0.05) is 17.8 Å². The second kappa shape index (κ2) is 6.24. The fourth-order valence-electron chi connectivity index (χ4n) is 2.77. The number of rotatable bonds is 4. The van der Waals surface area contributed by atoms with Gasteiger partial charge in [0.1, 0.15) is 5.02 Å². The van der Waals surface area contributed by atoms with Crippen molar-refractivity contribution in [1.29, 1.82) is 0 Å². The van der Waals surface area contributed by atoms with Gasteiger partial charge in [0.2, 0.25) is 0 Å². The standard InChI is InChI=1S/C14H19ClN2O2/c1-2-10-4-3-5-11(8-10)16-12-6-7-14(17(18)19)13(15)9-12/h6-7,9-11,16H,2-5,8H2,1H3. The first-order valence-corrected chi connectivity index (χ1v) is 7.18. The van der Waals surface area contributed by atoms with E-state index in [2.05, 4.69) is 12.2 Å². The van der Waals surface area contributed by atoms with Crippen LogP contribution >= 0.6 is 11.6 Å². The molecule has 0 aliphatic heterocycles. The smallest absolute Gasteiger partial charge is 0.288 e. The predicted octanol–water partition coefficient (Wildman–Crippen LogP) is 4.63. The molecule has 1 aromatic rings. The van der Waals surface area contributed by atoms with Crippen LogP contribution in [0.3, 0.4) is 0 Å². The van der Waals surface area contributed by atoms with Crippen LogP contribution in [0, 0.1) is 16.0 Å². The molecule has 4 nitrogen and oxygen atoms in total. The van der Waals surface area contributed by atoms with Crippen molar-refractivity contribution in [2.75, 3.05) is 5.32 Å². The number of nitro groups is 1. The molecule has 5 heteroatoms. The number of anilines is 1. The molecule has 104 valence electrons. The molecule has 2 rings (SSSR count). The third-order valence-electron chi connectivity index (χ3n) is 3.88. The topological polar surface area (TPSA) is 55.2 Å². The molecule has 0 spiro atoms. The number of nitrogens with zero attached hydrogens (tertiary/aromatic N) is 1. The van der Waals surface area contributed by atoms with E-state index in [0.29, 0.717) is 6.04 Å². The van der Waals surface area contributed by atoms with E-state index in [1.165, 1.54) is 31.7 Å². The van der Waals surface area contributed by atoms with Crippen LogP contribution < -0.4 is 5.32 Å². The van der Waals surface area contributed by atoms with Crippen LogP contribution in [0.25, 0.3) is 0 Å². The van der Waals surface area contributed by atoms with E-state index in [9.17, 15) is 10.1 Å². The monoisotopic (exact) mass is 282 g/mol. The number of nitrogens with one attached hydrogen (secondary N) is 1. The van der Waals surface area contributed by atoms with Crippen molar-refractivity contribution in [1.82, 2.24) is 0 Å². The van der Waals surface area contributed by atoms with Gasteiger partial charge in [-0.15, -0.1) is 0 Å². The summed E-state index contributed by atoms with van der Waals surface area (Å²) in [5, 5.41) is 14.3. The Kier molecular flexibility index (Phi) is 4.64. The summed E-state index contributed by atoms with van der Waals surface area (Å²) in [6.07, 6.45) is 6.11. The zero-order valence-corrected chi connectivity index (χ0v) is 11.8. The SMILES string of the molecule is CCC1CCCC(Nc2ccc([N+](=O)[O-])c(Cl)c2)C1. The molecule has 0 radical (unpaired) electrons. The molecule has 0 heterocycles. The molecule has 2 atom stereocenters. The quantitative estimate of drug-likeness (QED) is 0.647. The zero-order valence-electron chi connectivity index (χ0n) is 11.1. The minimum Gasteiger partial charge on any atom is -0.382 e. The van der Waals surface area contributed by atoms with Crippen LogP contribution in [0.1, 0.15) is 39.0 Å². The summed E-state index contributed by atoms with van der Waals surface area (Å²) in [7, 11) is 0. The van der Waals surface area contributed by atoms with Gasteiger partial charge in [0.15, 0.2) is 0 Å². The minimum atomic E-state index is -0.458. The van der Waals surface area contributed by atoms with Gasteiger partial charge in [-0.05, 0) is 30.9 Å². The van der Waals surface area contributed by atoms with E-state index in [1.54, 1.807) is 12.1 Å². The molecule has 1 aromatic carbocycles. The Balaban J connectivity index is 2.03. The van der Waals surface area contributed by atoms with Gasteiger partial charge in [-0.2, -0.15) is 0 Å². The van der Waals surface area contributed by atoms with Gasteiger partial charge in [-0.1, -0.05) is 37.8 Å². The van der Waals surface area contributed by atoms with E-state index >= 15 is 0 Å². The van der Waals surface area contributed by atoms with Gasteiger partial charge >= 0.3 is 0 Å². The van der Waals surface area contributed by atoms with E-state index in [-0.39, 0.29) is 10.7 Å². The van der Waals surface area contributed by atoms with Gasteiger partial charge in [-0.25, -0.2) is 0 Å². The predicted molar refractivity (Wildman–Crippen MR) is 77.8 cm³/mol. The Hall–Kier alpha value is -1.29. The van der Waals surface area contributed by atoms with Gasteiger partial charge < -0.3 is 5.32 Å². The third kappa shape index (κ3) is 3.60. The maximum absolute atomic E-state index is 10.7. The molecular weight excluding hydrogens is 264 g/mol. The molecule has 1 aliphatic carbocycles. The van der Waals surface area contributed by atoms with Crippen LogP contribution in [0.4, 0.5) is 11.4 Å². The summed E-state index contributed by atoms with van der Waals surface area (Å²) in [6, 6.07) is 5.30. The molecular formula is C14H19ClN2O2. The van der Waals surface area contributed by atoms with Crippen molar-refractivity contribution in [2.24, 2.45) is 5.92 Å². The average molecular weight is 283 g/mol. The molecule has 0 aromatic heterocycles. The third-order valence-corrected chi connectivity index (χ3v) is 4.18. The fraction of sp³-hybridized carbons (Fsp3) is 0.571. The fourth-order valence-corrected chi connectivity index (χ4v) is 3.02. The van der Waals surface area contributed by atoms with Crippen molar-refractivity contribution in [3.8, 4) is 0 Å². The molecule has 1 fully saturated rings. The Morgan fingerprint density at radius 3 is 2.89 bits per heavy atom. The Morgan fingerprint density at radius 2 is 2.26 bits per heavy atom. The highest BCUT2D eigenvalue weighted by Gasteiger charge is 2.21. The largest absolute Gasteiger partial charge is 0.382 e. The van der Waals surface area contributed by atoms with Crippen LogP contribution in [0.2, 0.25) is 5.02 Å². The second-order valence-corrected chi connectivity index (χ2v) is 5.61. The summed E-state index contributed by atoms with van der Waals surface area (Å²) in [6.45, 7) is 2.23. The van der Waals surface area contributed by atoms with Crippen molar-refractivity contribution in [3.05, 3.63) is 33.3 Å². The summed E-state index contributed by atoms with van der Waals surface area (Å²) >= 11 is 5.92. The zero-order chi connectivity index (χ0) is 13.8. The van der Waals surface area contributed by atoms with Crippen LogP contribution in [-0.2, 0) is 0 Å². The summed E-state index contributed by atoms with van der Waals surface area (Å²) < 4.78 is 0. The molecule has 0 amide bonds.